The van der Waals surface area contributed by atoms with Gasteiger partial charge in [-0.05, 0) is 31.6 Å². The molecular formula is C15H24O4. The maximum atomic E-state index is 11.8. The van der Waals surface area contributed by atoms with Crippen LogP contribution in [-0.4, -0.2) is 35.0 Å². The minimum absolute atomic E-state index is 0.0343. The average molecular weight is 268 g/mol. The molecule has 0 bridgehead atoms. The van der Waals surface area contributed by atoms with Crippen LogP contribution in [0.25, 0.3) is 0 Å². The molecule has 2 saturated carbocycles. The van der Waals surface area contributed by atoms with Crippen LogP contribution in [0.15, 0.2) is 0 Å². The lowest BCUT2D eigenvalue weighted by Crippen LogP contribution is -2.56. The van der Waals surface area contributed by atoms with Crippen LogP contribution in [0.2, 0.25) is 0 Å². The molecule has 0 aromatic rings. The molecule has 3 aliphatic rings. The van der Waals surface area contributed by atoms with Crippen molar-refractivity contribution in [3.63, 3.8) is 0 Å². The van der Waals surface area contributed by atoms with Crippen molar-refractivity contribution in [1.82, 2.24) is 0 Å². The number of hydrogen-bond acceptors (Lipinski definition) is 4. The standard InChI is InChI=1S/C15H24O4/c1-8-10-5-6-15(2)11(17)4-3-9(7-16)12(15)13(10)19-14(8)18/h8-13,16-17H,3-7H2,1-2H3/t8-,9-,10+,11-,12-,13+,15+/m1/s1. The molecule has 19 heavy (non-hydrogen) atoms. The molecular weight excluding hydrogens is 244 g/mol. The van der Waals surface area contributed by atoms with Crippen LogP contribution in [0.1, 0.15) is 39.5 Å². The lowest BCUT2D eigenvalue weighted by Gasteiger charge is -2.55. The summed E-state index contributed by atoms with van der Waals surface area (Å²) in [6.07, 6.45) is 3.01. The number of aliphatic hydroxyl groups is 2. The Balaban J connectivity index is 1.95. The van der Waals surface area contributed by atoms with Gasteiger partial charge in [-0.1, -0.05) is 13.8 Å². The van der Waals surface area contributed by atoms with Gasteiger partial charge in [-0.3, -0.25) is 4.79 Å². The summed E-state index contributed by atoms with van der Waals surface area (Å²) in [5, 5.41) is 20.1. The Morgan fingerprint density at radius 3 is 2.79 bits per heavy atom. The highest BCUT2D eigenvalue weighted by atomic mass is 16.6. The van der Waals surface area contributed by atoms with Gasteiger partial charge in [-0.2, -0.15) is 0 Å². The van der Waals surface area contributed by atoms with E-state index < -0.39 is 0 Å². The topological polar surface area (TPSA) is 66.8 Å². The monoisotopic (exact) mass is 268 g/mol. The third kappa shape index (κ3) is 1.76. The molecule has 108 valence electrons. The zero-order chi connectivity index (χ0) is 13.8. The van der Waals surface area contributed by atoms with Crippen molar-refractivity contribution in [1.29, 1.82) is 0 Å². The molecule has 1 heterocycles. The summed E-state index contributed by atoms with van der Waals surface area (Å²) in [5.41, 5.74) is -0.211. The van der Waals surface area contributed by atoms with Crippen LogP contribution in [0.5, 0.6) is 0 Å². The predicted molar refractivity (Wildman–Crippen MR) is 69.2 cm³/mol. The molecule has 2 aliphatic carbocycles. The Bertz CT molecular complexity index is 382. The van der Waals surface area contributed by atoms with Crippen molar-refractivity contribution in [3.8, 4) is 0 Å². The van der Waals surface area contributed by atoms with E-state index in [1.54, 1.807) is 0 Å². The molecule has 4 heteroatoms. The fourth-order valence-corrected chi connectivity index (χ4v) is 4.84. The summed E-state index contributed by atoms with van der Waals surface area (Å²) in [4.78, 5) is 11.8. The number of ether oxygens (including phenoxy) is 1. The third-order valence-corrected chi connectivity index (χ3v) is 6.13. The van der Waals surface area contributed by atoms with E-state index in [2.05, 4.69) is 6.92 Å². The van der Waals surface area contributed by atoms with Gasteiger partial charge in [0.1, 0.15) is 6.10 Å². The SMILES string of the molecule is C[C@H]1C(=O)O[C@H]2[C@H]1CC[C@]1(C)[C@@H]2[C@@H](CO)CC[C@H]1O. The van der Waals surface area contributed by atoms with E-state index in [9.17, 15) is 15.0 Å². The quantitative estimate of drug-likeness (QED) is 0.704. The van der Waals surface area contributed by atoms with E-state index >= 15 is 0 Å². The molecule has 0 amide bonds. The molecule has 0 aromatic heterocycles. The summed E-state index contributed by atoms with van der Waals surface area (Å²) in [6.45, 7) is 4.18. The van der Waals surface area contributed by atoms with Crippen molar-refractivity contribution in [3.05, 3.63) is 0 Å². The number of carbonyl (C=O) groups is 1. The van der Waals surface area contributed by atoms with Crippen LogP contribution in [0.3, 0.4) is 0 Å². The summed E-state index contributed by atoms with van der Waals surface area (Å²) < 4.78 is 5.63. The molecule has 2 N–H and O–H groups in total. The van der Waals surface area contributed by atoms with Crippen molar-refractivity contribution in [2.75, 3.05) is 6.61 Å². The highest BCUT2D eigenvalue weighted by Crippen LogP contribution is 2.57. The first kappa shape index (κ1) is 13.4. The van der Waals surface area contributed by atoms with E-state index in [1.807, 2.05) is 6.92 Å². The molecule has 3 rings (SSSR count). The summed E-state index contributed by atoms with van der Waals surface area (Å²) in [6, 6.07) is 0. The van der Waals surface area contributed by atoms with Crippen molar-refractivity contribution >= 4 is 5.97 Å². The minimum Gasteiger partial charge on any atom is -0.462 e. The van der Waals surface area contributed by atoms with E-state index in [0.717, 1.165) is 25.7 Å². The van der Waals surface area contributed by atoms with Gasteiger partial charge in [-0.25, -0.2) is 0 Å². The molecule has 1 saturated heterocycles. The highest BCUT2D eigenvalue weighted by molar-refractivity contribution is 5.75. The molecule has 0 unspecified atom stereocenters. The molecule has 3 fully saturated rings. The van der Waals surface area contributed by atoms with Gasteiger partial charge < -0.3 is 14.9 Å². The van der Waals surface area contributed by atoms with E-state index in [-0.39, 0.29) is 53.9 Å². The first-order chi connectivity index (χ1) is 8.99. The number of rotatable bonds is 1. The lowest BCUT2D eigenvalue weighted by molar-refractivity contribution is -0.171. The number of aliphatic hydroxyl groups excluding tert-OH is 2. The van der Waals surface area contributed by atoms with Gasteiger partial charge in [0.25, 0.3) is 0 Å². The van der Waals surface area contributed by atoms with Crippen molar-refractivity contribution < 1.29 is 19.7 Å². The predicted octanol–water partition coefficient (Wildman–Crippen LogP) is 1.34. The Kier molecular flexibility index (Phi) is 3.13. The first-order valence-corrected chi connectivity index (χ1v) is 7.48. The second kappa shape index (κ2) is 4.45. The molecule has 7 atom stereocenters. The van der Waals surface area contributed by atoms with Gasteiger partial charge in [0.2, 0.25) is 0 Å². The number of hydrogen-bond donors (Lipinski definition) is 2. The van der Waals surface area contributed by atoms with Gasteiger partial charge >= 0.3 is 5.97 Å². The largest absolute Gasteiger partial charge is 0.462 e. The maximum absolute atomic E-state index is 11.8. The summed E-state index contributed by atoms with van der Waals surface area (Å²) in [7, 11) is 0. The van der Waals surface area contributed by atoms with Crippen LogP contribution in [0, 0.1) is 29.1 Å². The number of esters is 1. The van der Waals surface area contributed by atoms with Crippen molar-refractivity contribution in [2.24, 2.45) is 29.1 Å². The number of fused-ring (bicyclic) bond motifs is 3. The van der Waals surface area contributed by atoms with E-state index in [4.69, 9.17) is 4.74 Å². The van der Waals surface area contributed by atoms with Gasteiger partial charge in [0, 0.05) is 23.9 Å². The smallest absolute Gasteiger partial charge is 0.309 e. The fourth-order valence-electron chi connectivity index (χ4n) is 4.84. The minimum atomic E-state index is -0.337. The molecule has 0 aromatic carbocycles. The van der Waals surface area contributed by atoms with Crippen molar-refractivity contribution in [2.45, 2.75) is 51.7 Å². The molecule has 1 aliphatic heterocycles. The summed E-state index contributed by atoms with van der Waals surface area (Å²) in [5.74, 6) is 0.391. The van der Waals surface area contributed by atoms with Crippen LogP contribution in [-0.2, 0) is 9.53 Å². The second-order valence-corrected chi connectivity index (χ2v) is 6.96. The molecule has 0 radical (unpaired) electrons. The zero-order valence-corrected chi connectivity index (χ0v) is 11.7. The lowest BCUT2D eigenvalue weighted by atomic mass is 9.52. The summed E-state index contributed by atoms with van der Waals surface area (Å²) >= 11 is 0. The Hall–Kier alpha value is -0.610. The first-order valence-electron chi connectivity index (χ1n) is 7.48. The zero-order valence-electron chi connectivity index (χ0n) is 11.7. The van der Waals surface area contributed by atoms with Crippen LogP contribution >= 0.6 is 0 Å². The normalized spacial score (nSPS) is 53.4. The highest BCUT2D eigenvalue weighted by Gasteiger charge is 2.60. The van der Waals surface area contributed by atoms with E-state index in [1.165, 1.54) is 0 Å². The Labute approximate surface area is 114 Å². The van der Waals surface area contributed by atoms with E-state index in [0.29, 0.717) is 0 Å². The Morgan fingerprint density at radius 1 is 1.37 bits per heavy atom. The van der Waals surface area contributed by atoms with Gasteiger partial charge in [-0.15, -0.1) is 0 Å². The third-order valence-electron chi connectivity index (χ3n) is 6.13. The number of carbonyl (C=O) groups excluding carboxylic acids is 1. The van der Waals surface area contributed by atoms with Crippen LogP contribution < -0.4 is 0 Å². The molecule has 4 nitrogen and oxygen atoms in total. The van der Waals surface area contributed by atoms with Crippen LogP contribution in [0.4, 0.5) is 0 Å². The van der Waals surface area contributed by atoms with Gasteiger partial charge in [0.05, 0.1) is 12.0 Å². The fraction of sp³-hybridized carbons (Fsp3) is 0.933. The maximum Gasteiger partial charge on any atom is 0.309 e. The second-order valence-electron chi connectivity index (χ2n) is 6.96. The molecule has 0 spiro atoms. The van der Waals surface area contributed by atoms with Gasteiger partial charge in [0.15, 0.2) is 0 Å². The average Bonchev–Trinajstić information content (AvgIpc) is 2.67. The Morgan fingerprint density at radius 2 is 2.11 bits per heavy atom.